The molecule has 0 fully saturated rings. The summed E-state index contributed by atoms with van der Waals surface area (Å²) in [5, 5.41) is 0. The molecule has 0 saturated carbocycles. The molecule has 5 nitrogen and oxygen atoms in total. The Bertz CT molecular complexity index is 513. The van der Waals surface area contributed by atoms with Crippen molar-refractivity contribution in [2.24, 2.45) is 0 Å². The number of anilines is 2. The lowest BCUT2D eigenvalue weighted by atomic mass is 10.0. The standard InChI is InChI=1S/C11H17N3O2S/c1-2-13-17(15,16)14-7-3-4-9-8-10(12)5-6-11(9)14/h5-6,8,13H,2-4,7,12H2,1H3. The maximum Gasteiger partial charge on any atom is 0.301 e. The van der Waals surface area contributed by atoms with E-state index in [0.29, 0.717) is 18.8 Å². The first-order chi connectivity index (χ1) is 8.04. The summed E-state index contributed by atoms with van der Waals surface area (Å²) in [5.41, 5.74) is 8.12. The molecular weight excluding hydrogens is 238 g/mol. The van der Waals surface area contributed by atoms with Gasteiger partial charge in [-0.2, -0.15) is 13.1 Å². The van der Waals surface area contributed by atoms with Gasteiger partial charge in [0.1, 0.15) is 0 Å². The van der Waals surface area contributed by atoms with E-state index in [1.54, 1.807) is 19.1 Å². The first-order valence-electron chi connectivity index (χ1n) is 5.70. The SMILES string of the molecule is CCNS(=O)(=O)N1CCCc2cc(N)ccc21. The third kappa shape index (κ3) is 2.37. The number of nitrogens with zero attached hydrogens (tertiary/aromatic N) is 1. The molecule has 3 N–H and O–H groups in total. The summed E-state index contributed by atoms with van der Waals surface area (Å²) in [4.78, 5) is 0. The molecule has 6 heteroatoms. The zero-order valence-corrected chi connectivity index (χ0v) is 10.6. The van der Waals surface area contributed by atoms with Crippen LogP contribution in [0.1, 0.15) is 18.9 Å². The van der Waals surface area contributed by atoms with Crippen molar-refractivity contribution in [1.29, 1.82) is 0 Å². The summed E-state index contributed by atoms with van der Waals surface area (Å²) < 4.78 is 28.0. The van der Waals surface area contributed by atoms with E-state index in [1.807, 2.05) is 6.07 Å². The first-order valence-corrected chi connectivity index (χ1v) is 7.14. The van der Waals surface area contributed by atoms with E-state index in [9.17, 15) is 8.42 Å². The van der Waals surface area contributed by atoms with Gasteiger partial charge in [0.25, 0.3) is 0 Å². The number of nitrogens with two attached hydrogens (primary N) is 1. The lowest BCUT2D eigenvalue weighted by Gasteiger charge is -2.30. The van der Waals surface area contributed by atoms with Crippen LogP contribution in [0.25, 0.3) is 0 Å². The molecule has 1 aliphatic heterocycles. The molecule has 2 rings (SSSR count). The molecule has 0 bridgehead atoms. The van der Waals surface area contributed by atoms with E-state index in [0.717, 1.165) is 24.1 Å². The van der Waals surface area contributed by atoms with Crippen molar-refractivity contribution in [3.05, 3.63) is 23.8 Å². The van der Waals surface area contributed by atoms with Crippen LogP contribution in [0.3, 0.4) is 0 Å². The predicted octanol–water partition coefficient (Wildman–Crippen LogP) is 0.876. The molecule has 0 radical (unpaired) electrons. The minimum atomic E-state index is -3.42. The molecular formula is C11H17N3O2S. The Morgan fingerprint density at radius 3 is 2.94 bits per heavy atom. The Balaban J connectivity index is 2.42. The highest BCUT2D eigenvalue weighted by atomic mass is 32.2. The molecule has 1 aromatic carbocycles. The van der Waals surface area contributed by atoms with Crippen LogP contribution >= 0.6 is 0 Å². The Morgan fingerprint density at radius 2 is 2.24 bits per heavy atom. The lowest BCUT2D eigenvalue weighted by molar-refractivity contribution is 0.574. The van der Waals surface area contributed by atoms with Crippen molar-refractivity contribution in [2.75, 3.05) is 23.1 Å². The summed E-state index contributed by atoms with van der Waals surface area (Å²) in [6.07, 6.45) is 1.69. The maximum atomic E-state index is 12.0. The van der Waals surface area contributed by atoms with Crippen molar-refractivity contribution in [1.82, 2.24) is 4.72 Å². The summed E-state index contributed by atoms with van der Waals surface area (Å²) in [6, 6.07) is 5.36. The molecule has 0 spiro atoms. The van der Waals surface area contributed by atoms with Crippen molar-refractivity contribution in [3.63, 3.8) is 0 Å². The average Bonchev–Trinajstić information content (AvgIpc) is 2.27. The van der Waals surface area contributed by atoms with Crippen LogP contribution in [0.2, 0.25) is 0 Å². The second-order valence-electron chi connectivity index (χ2n) is 4.07. The van der Waals surface area contributed by atoms with Crippen LogP contribution in [0, 0.1) is 0 Å². The molecule has 0 unspecified atom stereocenters. The van der Waals surface area contributed by atoms with E-state index in [4.69, 9.17) is 5.73 Å². The molecule has 0 atom stereocenters. The second kappa shape index (κ2) is 4.54. The van der Waals surface area contributed by atoms with Crippen molar-refractivity contribution < 1.29 is 8.42 Å². The number of benzene rings is 1. The monoisotopic (exact) mass is 255 g/mol. The minimum absolute atomic E-state index is 0.392. The number of aryl methyl sites for hydroxylation is 1. The first kappa shape index (κ1) is 12.2. The molecule has 1 aromatic rings. The van der Waals surface area contributed by atoms with E-state index < -0.39 is 10.2 Å². The van der Waals surface area contributed by atoms with Gasteiger partial charge in [0.05, 0.1) is 5.69 Å². The fraction of sp³-hybridized carbons (Fsp3) is 0.455. The van der Waals surface area contributed by atoms with E-state index in [1.165, 1.54) is 4.31 Å². The van der Waals surface area contributed by atoms with Gasteiger partial charge < -0.3 is 5.73 Å². The minimum Gasteiger partial charge on any atom is -0.399 e. The molecule has 17 heavy (non-hydrogen) atoms. The predicted molar refractivity (Wildman–Crippen MR) is 69.1 cm³/mol. The third-order valence-corrected chi connectivity index (χ3v) is 4.41. The smallest absolute Gasteiger partial charge is 0.301 e. The fourth-order valence-corrected chi connectivity index (χ4v) is 3.42. The lowest BCUT2D eigenvalue weighted by Crippen LogP contribution is -2.43. The van der Waals surface area contributed by atoms with Crippen LogP contribution < -0.4 is 14.8 Å². The van der Waals surface area contributed by atoms with Gasteiger partial charge in [-0.1, -0.05) is 6.92 Å². The maximum absolute atomic E-state index is 12.0. The van der Waals surface area contributed by atoms with Crippen LogP contribution in [0.4, 0.5) is 11.4 Å². The third-order valence-electron chi connectivity index (χ3n) is 2.80. The molecule has 0 aliphatic carbocycles. The number of nitrogen functional groups attached to an aromatic ring is 1. The number of hydrogen-bond donors (Lipinski definition) is 2. The van der Waals surface area contributed by atoms with Gasteiger partial charge in [-0.3, -0.25) is 4.31 Å². The second-order valence-corrected chi connectivity index (χ2v) is 5.75. The summed E-state index contributed by atoms with van der Waals surface area (Å²) in [7, 11) is -3.42. The van der Waals surface area contributed by atoms with Crippen LogP contribution in [-0.2, 0) is 16.6 Å². The van der Waals surface area contributed by atoms with Crippen LogP contribution in [0.5, 0.6) is 0 Å². The molecule has 0 aromatic heterocycles. The Hall–Kier alpha value is -1.27. The van der Waals surface area contributed by atoms with Gasteiger partial charge in [0.15, 0.2) is 0 Å². The fourth-order valence-electron chi connectivity index (χ4n) is 2.09. The number of hydrogen-bond acceptors (Lipinski definition) is 3. The summed E-state index contributed by atoms with van der Waals surface area (Å²) in [6.45, 7) is 2.68. The zero-order valence-electron chi connectivity index (χ0n) is 9.81. The van der Waals surface area contributed by atoms with Crippen molar-refractivity contribution >= 4 is 21.6 Å². The van der Waals surface area contributed by atoms with Gasteiger partial charge in [0.2, 0.25) is 0 Å². The molecule has 0 saturated heterocycles. The molecule has 1 aliphatic rings. The highest BCUT2D eigenvalue weighted by Crippen LogP contribution is 2.30. The zero-order chi connectivity index (χ0) is 12.5. The highest BCUT2D eigenvalue weighted by Gasteiger charge is 2.26. The average molecular weight is 255 g/mol. The largest absolute Gasteiger partial charge is 0.399 e. The summed E-state index contributed by atoms with van der Waals surface area (Å²) in [5.74, 6) is 0. The van der Waals surface area contributed by atoms with E-state index >= 15 is 0 Å². The van der Waals surface area contributed by atoms with Gasteiger partial charge in [-0.15, -0.1) is 0 Å². The normalized spacial score (nSPS) is 15.7. The van der Waals surface area contributed by atoms with Gasteiger partial charge in [0, 0.05) is 18.8 Å². The highest BCUT2D eigenvalue weighted by molar-refractivity contribution is 7.90. The Labute approximate surface area is 102 Å². The van der Waals surface area contributed by atoms with E-state index in [2.05, 4.69) is 4.72 Å². The number of fused-ring (bicyclic) bond motifs is 1. The van der Waals surface area contributed by atoms with Gasteiger partial charge in [-0.25, -0.2) is 0 Å². The molecule has 94 valence electrons. The van der Waals surface area contributed by atoms with Crippen molar-refractivity contribution in [3.8, 4) is 0 Å². The Morgan fingerprint density at radius 1 is 1.47 bits per heavy atom. The number of rotatable bonds is 3. The van der Waals surface area contributed by atoms with Gasteiger partial charge in [-0.05, 0) is 36.6 Å². The molecule has 0 amide bonds. The Kier molecular flexibility index (Phi) is 3.26. The number of nitrogens with one attached hydrogen (secondary N) is 1. The van der Waals surface area contributed by atoms with E-state index in [-0.39, 0.29) is 0 Å². The topological polar surface area (TPSA) is 75.4 Å². The van der Waals surface area contributed by atoms with Gasteiger partial charge >= 0.3 is 10.2 Å². The van der Waals surface area contributed by atoms with Crippen molar-refractivity contribution in [2.45, 2.75) is 19.8 Å². The van der Waals surface area contributed by atoms with Crippen LogP contribution in [-0.4, -0.2) is 21.5 Å². The van der Waals surface area contributed by atoms with Crippen LogP contribution in [0.15, 0.2) is 18.2 Å². The molecule has 1 heterocycles. The summed E-state index contributed by atoms with van der Waals surface area (Å²) >= 11 is 0. The quantitative estimate of drug-likeness (QED) is 0.787.